The van der Waals surface area contributed by atoms with E-state index < -0.39 is 0 Å². The molecule has 70 valence electrons. The Balaban J connectivity index is 2.41. The van der Waals surface area contributed by atoms with Gasteiger partial charge in [0.15, 0.2) is 0 Å². The van der Waals surface area contributed by atoms with Gasteiger partial charge in [-0.05, 0) is 31.4 Å². The molecule has 1 aromatic heterocycles. The fourth-order valence-corrected chi connectivity index (χ4v) is 2.17. The number of nitrogens with zero attached hydrogens (tertiary/aromatic N) is 1. The van der Waals surface area contributed by atoms with E-state index in [0.717, 1.165) is 18.4 Å². The molecule has 3 heteroatoms. The number of halogens is 1. The van der Waals surface area contributed by atoms with Gasteiger partial charge in [-0.15, -0.1) is 0 Å². The smallest absolute Gasteiger partial charge is 0.132 e. The van der Waals surface area contributed by atoms with Crippen molar-refractivity contribution in [2.75, 3.05) is 0 Å². The SMILES string of the molecule is CC(N)C1(c2cccnc2Cl)CC1. The summed E-state index contributed by atoms with van der Waals surface area (Å²) in [7, 11) is 0. The fraction of sp³-hybridized carbons (Fsp3) is 0.500. The molecule has 0 spiro atoms. The van der Waals surface area contributed by atoms with E-state index in [4.69, 9.17) is 17.3 Å². The minimum absolute atomic E-state index is 0.116. The molecular formula is C10H13ClN2. The van der Waals surface area contributed by atoms with Crippen LogP contribution in [0.4, 0.5) is 0 Å². The number of hydrogen-bond acceptors (Lipinski definition) is 2. The van der Waals surface area contributed by atoms with Crippen molar-refractivity contribution in [3.63, 3.8) is 0 Å². The van der Waals surface area contributed by atoms with Crippen molar-refractivity contribution in [1.29, 1.82) is 0 Å². The number of nitrogens with two attached hydrogens (primary N) is 1. The van der Waals surface area contributed by atoms with Crippen molar-refractivity contribution in [2.45, 2.75) is 31.2 Å². The molecule has 1 heterocycles. The Morgan fingerprint density at radius 3 is 2.77 bits per heavy atom. The third-order valence-electron chi connectivity index (χ3n) is 2.96. The zero-order valence-electron chi connectivity index (χ0n) is 7.63. The van der Waals surface area contributed by atoms with Gasteiger partial charge in [-0.2, -0.15) is 0 Å². The Hall–Kier alpha value is -0.600. The maximum Gasteiger partial charge on any atom is 0.132 e. The van der Waals surface area contributed by atoms with Gasteiger partial charge in [-0.25, -0.2) is 4.98 Å². The Labute approximate surface area is 83.1 Å². The molecule has 1 unspecified atom stereocenters. The van der Waals surface area contributed by atoms with Gasteiger partial charge in [-0.3, -0.25) is 0 Å². The van der Waals surface area contributed by atoms with Crippen LogP contribution >= 0.6 is 11.6 Å². The topological polar surface area (TPSA) is 38.9 Å². The maximum absolute atomic E-state index is 6.03. The lowest BCUT2D eigenvalue weighted by molar-refractivity contribution is 0.555. The Morgan fingerprint density at radius 1 is 1.62 bits per heavy atom. The lowest BCUT2D eigenvalue weighted by atomic mass is 9.91. The minimum Gasteiger partial charge on any atom is -0.327 e. The monoisotopic (exact) mass is 196 g/mol. The van der Waals surface area contributed by atoms with Crippen LogP contribution in [0.25, 0.3) is 0 Å². The average Bonchev–Trinajstić information content (AvgIpc) is 2.85. The first-order chi connectivity index (χ1) is 6.17. The fourth-order valence-electron chi connectivity index (χ4n) is 1.86. The summed E-state index contributed by atoms with van der Waals surface area (Å²) in [5, 5.41) is 0.609. The highest BCUT2D eigenvalue weighted by atomic mass is 35.5. The summed E-state index contributed by atoms with van der Waals surface area (Å²) < 4.78 is 0. The summed E-state index contributed by atoms with van der Waals surface area (Å²) in [5.41, 5.74) is 7.18. The molecule has 0 radical (unpaired) electrons. The van der Waals surface area contributed by atoms with Crippen molar-refractivity contribution in [3.8, 4) is 0 Å². The lowest BCUT2D eigenvalue weighted by Gasteiger charge is -2.20. The average molecular weight is 197 g/mol. The molecule has 1 saturated carbocycles. The minimum atomic E-state index is 0.116. The molecule has 0 aromatic carbocycles. The summed E-state index contributed by atoms with van der Waals surface area (Å²) in [4.78, 5) is 4.08. The summed E-state index contributed by atoms with van der Waals surface area (Å²) in [5.74, 6) is 0. The standard InChI is InChI=1S/C10H13ClN2/c1-7(12)10(4-5-10)8-3-2-6-13-9(8)11/h2-3,6-7H,4-5,12H2,1H3. The highest BCUT2D eigenvalue weighted by Gasteiger charge is 2.48. The van der Waals surface area contributed by atoms with E-state index >= 15 is 0 Å². The first kappa shape index (κ1) is 8.97. The zero-order chi connectivity index (χ0) is 9.47. The van der Waals surface area contributed by atoms with E-state index in [0.29, 0.717) is 5.15 Å². The summed E-state index contributed by atoms with van der Waals surface area (Å²) in [6.07, 6.45) is 3.98. The number of pyridine rings is 1. The van der Waals surface area contributed by atoms with Gasteiger partial charge in [0.1, 0.15) is 5.15 Å². The van der Waals surface area contributed by atoms with E-state index in [1.54, 1.807) is 6.20 Å². The predicted octanol–water partition coefficient (Wildman–Crippen LogP) is 2.11. The van der Waals surface area contributed by atoms with Crippen molar-refractivity contribution in [2.24, 2.45) is 5.73 Å². The normalized spacial score (nSPS) is 21.2. The second kappa shape index (κ2) is 2.96. The van der Waals surface area contributed by atoms with Gasteiger partial charge >= 0.3 is 0 Å². The van der Waals surface area contributed by atoms with E-state index in [2.05, 4.69) is 4.98 Å². The largest absolute Gasteiger partial charge is 0.327 e. The zero-order valence-corrected chi connectivity index (χ0v) is 8.38. The van der Waals surface area contributed by atoms with Crippen molar-refractivity contribution in [1.82, 2.24) is 4.98 Å². The van der Waals surface area contributed by atoms with Crippen LogP contribution in [-0.2, 0) is 5.41 Å². The Morgan fingerprint density at radius 2 is 2.31 bits per heavy atom. The molecule has 0 saturated heterocycles. The van der Waals surface area contributed by atoms with Crippen LogP contribution in [0.3, 0.4) is 0 Å². The molecule has 1 atom stereocenters. The van der Waals surface area contributed by atoms with Crippen LogP contribution in [0.15, 0.2) is 18.3 Å². The molecule has 0 amide bonds. The number of rotatable bonds is 2. The van der Waals surface area contributed by atoms with E-state index in [-0.39, 0.29) is 11.5 Å². The molecule has 13 heavy (non-hydrogen) atoms. The Bertz CT molecular complexity index is 318. The molecule has 2 N–H and O–H groups in total. The first-order valence-corrected chi connectivity index (χ1v) is 4.91. The van der Waals surface area contributed by atoms with E-state index in [9.17, 15) is 0 Å². The molecule has 1 aliphatic carbocycles. The second-order valence-corrected chi connectivity index (χ2v) is 4.14. The van der Waals surface area contributed by atoms with Gasteiger partial charge in [0.2, 0.25) is 0 Å². The van der Waals surface area contributed by atoms with Gasteiger partial charge < -0.3 is 5.73 Å². The maximum atomic E-state index is 6.03. The van der Waals surface area contributed by atoms with Crippen LogP contribution in [0.5, 0.6) is 0 Å². The van der Waals surface area contributed by atoms with Crippen LogP contribution < -0.4 is 5.73 Å². The molecular weight excluding hydrogens is 184 g/mol. The van der Waals surface area contributed by atoms with Crippen LogP contribution in [0, 0.1) is 0 Å². The van der Waals surface area contributed by atoms with Crippen molar-refractivity contribution < 1.29 is 0 Å². The van der Waals surface area contributed by atoms with Gasteiger partial charge in [0.05, 0.1) is 0 Å². The summed E-state index contributed by atoms with van der Waals surface area (Å²) in [6, 6.07) is 4.12. The molecule has 2 nitrogen and oxygen atoms in total. The Kier molecular flexibility index (Phi) is 2.05. The molecule has 1 aliphatic rings. The highest BCUT2D eigenvalue weighted by Crippen LogP contribution is 2.51. The van der Waals surface area contributed by atoms with Crippen molar-refractivity contribution >= 4 is 11.6 Å². The van der Waals surface area contributed by atoms with Gasteiger partial charge in [0, 0.05) is 17.7 Å². The number of hydrogen-bond donors (Lipinski definition) is 1. The van der Waals surface area contributed by atoms with Crippen LogP contribution in [0.1, 0.15) is 25.3 Å². The van der Waals surface area contributed by atoms with E-state index in [1.807, 2.05) is 19.1 Å². The quantitative estimate of drug-likeness (QED) is 0.736. The van der Waals surface area contributed by atoms with Crippen LogP contribution in [0.2, 0.25) is 5.15 Å². The third-order valence-corrected chi connectivity index (χ3v) is 3.26. The predicted molar refractivity (Wildman–Crippen MR) is 53.8 cm³/mol. The molecule has 0 bridgehead atoms. The number of aromatic nitrogens is 1. The molecule has 2 rings (SSSR count). The summed E-state index contributed by atoms with van der Waals surface area (Å²) in [6.45, 7) is 2.04. The lowest BCUT2D eigenvalue weighted by Crippen LogP contribution is -2.31. The van der Waals surface area contributed by atoms with Gasteiger partial charge in [-0.1, -0.05) is 17.7 Å². The molecule has 1 fully saturated rings. The van der Waals surface area contributed by atoms with Crippen LogP contribution in [-0.4, -0.2) is 11.0 Å². The van der Waals surface area contributed by atoms with Crippen molar-refractivity contribution in [3.05, 3.63) is 29.0 Å². The molecule has 0 aliphatic heterocycles. The third kappa shape index (κ3) is 1.34. The summed E-state index contributed by atoms with van der Waals surface area (Å²) >= 11 is 6.03. The highest BCUT2D eigenvalue weighted by molar-refractivity contribution is 6.30. The van der Waals surface area contributed by atoms with E-state index in [1.165, 1.54) is 0 Å². The second-order valence-electron chi connectivity index (χ2n) is 3.79. The first-order valence-electron chi connectivity index (χ1n) is 4.53. The molecule has 1 aromatic rings. The van der Waals surface area contributed by atoms with Gasteiger partial charge in [0.25, 0.3) is 0 Å².